The third-order valence-corrected chi connectivity index (χ3v) is 5.39. The lowest BCUT2D eigenvalue weighted by molar-refractivity contribution is -0.112. The largest absolute Gasteiger partial charge is 0.438 e. The molecule has 0 fully saturated rings. The minimum atomic E-state index is -0.635. The molecule has 7 heteroatoms. The molecular weight excluding hydrogens is 428 g/mol. The number of fused-ring (bicyclic) bond motifs is 1. The Bertz CT molecular complexity index is 1530. The molecule has 0 atom stereocenters. The third-order valence-electron chi connectivity index (χ3n) is 5.39. The number of carbonyl (C=O) groups is 1. The van der Waals surface area contributed by atoms with Crippen LogP contribution in [0.5, 0.6) is 11.6 Å². The summed E-state index contributed by atoms with van der Waals surface area (Å²) in [4.78, 5) is 30.6. The van der Waals surface area contributed by atoms with Crippen LogP contribution in [-0.4, -0.2) is 15.3 Å². The van der Waals surface area contributed by atoms with E-state index in [0.29, 0.717) is 17.1 Å². The molecule has 0 bridgehead atoms. The summed E-state index contributed by atoms with van der Waals surface area (Å²) in [5, 5.41) is 12.4. The first-order valence-electron chi connectivity index (χ1n) is 10.6. The molecule has 0 spiro atoms. The van der Waals surface area contributed by atoms with Crippen LogP contribution in [0.4, 0.5) is 5.69 Å². The molecular formula is C27H22N4O3. The van der Waals surface area contributed by atoms with Gasteiger partial charge in [0.25, 0.3) is 11.5 Å². The van der Waals surface area contributed by atoms with Crippen molar-refractivity contribution in [2.75, 3.05) is 5.32 Å². The van der Waals surface area contributed by atoms with Crippen LogP contribution in [0, 0.1) is 32.1 Å². The van der Waals surface area contributed by atoms with Crippen LogP contribution in [0.3, 0.4) is 0 Å². The summed E-state index contributed by atoms with van der Waals surface area (Å²) < 4.78 is 7.25. The topological polar surface area (TPSA) is 96.5 Å². The van der Waals surface area contributed by atoms with E-state index in [1.165, 1.54) is 10.5 Å². The van der Waals surface area contributed by atoms with Gasteiger partial charge in [-0.25, -0.2) is 0 Å². The Labute approximate surface area is 196 Å². The van der Waals surface area contributed by atoms with Crippen molar-refractivity contribution < 1.29 is 9.53 Å². The highest BCUT2D eigenvalue weighted by atomic mass is 16.5. The number of nitrogens with zero attached hydrogens (tertiary/aromatic N) is 3. The Kier molecular flexibility index (Phi) is 6.24. The Hall–Kier alpha value is -4.70. The molecule has 0 aliphatic carbocycles. The summed E-state index contributed by atoms with van der Waals surface area (Å²) in [6.07, 6.45) is 2.79. The number of hydrogen-bond donors (Lipinski definition) is 1. The van der Waals surface area contributed by atoms with Gasteiger partial charge in [0.15, 0.2) is 0 Å². The molecule has 4 rings (SSSR count). The number of pyridine rings is 1. The van der Waals surface area contributed by atoms with Crippen molar-refractivity contribution in [2.45, 2.75) is 20.8 Å². The molecule has 0 saturated heterocycles. The average molecular weight is 450 g/mol. The van der Waals surface area contributed by atoms with Gasteiger partial charge in [0.05, 0.1) is 0 Å². The van der Waals surface area contributed by atoms with Crippen LogP contribution in [0.15, 0.2) is 77.2 Å². The van der Waals surface area contributed by atoms with Gasteiger partial charge in [0, 0.05) is 11.9 Å². The number of amides is 1. The molecule has 1 N–H and O–H groups in total. The van der Waals surface area contributed by atoms with Gasteiger partial charge in [-0.05, 0) is 74.4 Å². The third kappa shape index (κ3) is 4.71. The van der Waals surface area contributed by atoms with Crippen molar-refractivity contribution in [3.63, 3.8) is 0 Å². The van der Waals surface area contributed by atoms with E-state index in [0.717, 1.165) is 16.7 Å². The maximum Gasteiger partial charge on any atom is 0.269 e. The highest BCUT2D eigenvalue weighted by Crippen LogP contribution is 2.24. The predicted molar refractivity (Wildman–Crippen MR) is 131 cm³/mol. The average Bonchev–Trinajstić information content (AvgIpc) is 2.83. The lowest BCUT2D eigenvalue weighted by Gasteiger charge is -2.11. The van der Waals surface area contributed by atoms with Gasteiger partial charge in [-0.2, -0.15) is 10.2 Å². The second kappa shape index (κ2) is 9.43. The molecule has 0 unspecified atom stereocenters. The van der Waals surface area contributed by atoms with Gasteiger partial charge >= 0.3 is 0 Å². The zero-order chi connectivity index (χ0) is 24.2. The van der Waals surface area contributed by atoms with Crippen LogP contribution < -0.4 is 15.6 Å². The first-order valence-corrected chi connectivity index (χ1v) is 10.6. The van der Waals surface area contributed by atoms with Gasteiger partial charge in [0.2, 0.25) is 5.88 Å². The molecule has 168 valence electrons. The fourth-order valence-corrected chi connectivity index (χ4v) is 3.31. The van der Waals surface area contributed by atoms with Gasteiger partial charge in [-0.15, -0.1) is 0 Å². The summed E-state index contributed by atoms with van der Waals surface area (Å²) in [5.41, 5.74) is 3.36. The number of nitriles is 1. The highest BCUT2D eigenvalue weighted by molar-refractivity contribution is 6.09. The van der Waals surface area contributed by atoms with Crippen molar-refractivity contribution in [3.05, 3.63) is 105 Å². The SMILES string of the molecule is Cc1ccc(Oc2nc3ccccn3c(=O)c2C=C(C#N)C(=O)Nc2ccc(C)c(C)c2)cc1. The second-order valence-electron chi connectivity index (χ2n) is 7.90. The van der Waals surface area contributed by atoms with E-state index in [4.69, 9.17) is 4.74 Å². The van der Waals surface area contributed by atoms with E-state index in [1.807, 2.05) is 51.1 Å². The van der Waals surface area contributed by atoms with Crippen LogP contribution >= 0.6 is 0 Å². The second-order valence-corrected chi connectivity index (χ2v) is 7.90. The number of hydrogen-bond acceptors (Lipinski definition) is 5. The standard InChI is InChI=1S/C27H22N4O3/c1-17-7-11-22(12-8-17)34-26-23(27(33)31-13-5-4-6-24(31)30-26)15-20(16-28)25(32)29-21-10-9-18(2)19(3)14-21/h4-15H,1-3H3,(H,29,32). The molecule has 0 radical (unpaired) electrons. The molecule has 2 aromatic heterocycles. The molecule has 1 amide bonds. The number of anilines is 1. The first kappa shape index (κ1) is 22.5. The summed E-state index contributed by atoms with van der Waals surface area (Å²) in [6.45, 7) is 5.85. The number of aryl methyl sites for hydroxylation is 3. The van der Waals surface area contributed by atoms with Crippen molar-refractivity contribution in [1.29, 1.82) is 5.26 Å². The molecule has 0 aliphatic heterocycles. The quantitative estimate of drug-likeness (QED) is 0.342. The Morgan fingerprint density at radius 2 is 1.82 bits per heavy atom. The predicted octanol–water partition coefficient (Wildman–Crippen LogP) is 4.96. The van der Waals surface area contributed by atoms with Gasteiger partial charge in [0.1, 0.15) is 28.6 Å². The zero-order valence-electron chi connectivity index (χ0n) is 19.0. The summed E-state index contributed by atoms with van der Waals surface area (Å²) in [6, 6.07) is 19.7. The lowest BCUT2D eigenvalue weighted by Crippen LogP contribution is -2.20. The number of nitrogens with one attached hydrogen (secondary N) is 1. The summed E-state index contributed by atoms with van der Waals surface area (Å²) in [5.74, 6) is -0.151. The van der Waals surface area contributed by atoms with E-state index in [-0.39, 0.29) is 17.0 Å². The number of ether oxygens (including phenoxy) is 1. The highest BCUT2D eigenvalue weighted by Gasteiger charge is 2.17. The molecule has 0 saturated carbocycles. The Morgan fingerprint density at radius 3 is 2.53 bits per heavy atom. The fourth-order valence-electron chi connectivity index (χ4n) is 3.31. The summed E-state index contributed by atoms with van der Waals surface area (Å²) in [7, 11) is 0. The maximum absolute atomic E-state index is 13.3. The Balaban J connectivity index is 1.78. The van der Waals surface area contributed by atoms with Crippen LogP contribution in [-0.2, 0) is 4.79 Å². The molecule has 34 heavy (non-hydrogen) atoms. The first-order chi connectivity index (χ1) is 16.4. The lowest BCUT2D eigenvalue weighted by atomic mass is 10.1. The number of aromatic nitrogens is 2. The van der Waals surface area contributed by atoms with E-state index in [2.05, 4.69) is 10.3 Å². The normalized spacial score (nSPS) is 11.2. The van der Waals surface area contributed by atoms with Crippen molar-refractivity contribution in [1.82, 2.24) is 9.38 Å². The van der Waals surface area contributed by atoms with E-state index >= 15 is 0 Å². The zero-order valence-corrected chi connectivity index (χ0v) is 19.0. The number of rotatable bonds is 5. The summed E-state index contributed by atoms with van der Waals surface area (Å²) >= 11 is 0. The van der Waals surface area contributed by atoms with Gasteiger partial charge < -0.3 is 10.1 Å². The molecule has 7 nitrogen and oxygen atoms in total. The van der Waals surface area contributed by atoms with E-state index in [1.54, 1.807) is 42.6 Å². The molecule has 0 aliphatic rings. The minimum Gasteiger partial charge on any atom is -0.438 e. The van der Waals surface area contributed by atoms with Crippen molar-refractivity contribution >= 4 is 23.3 Å². The van der Waals surface area contributed by atoms with Crippen molar-refractivity contribution in [3.8, 4) is 17.7 Å². The van der Waals surface area contributed by atoms with E-state index in [9.17, 15) is 14.9 Å². The number of benzene rings is 2. The number of carbonyl (C=O) groups excluding carboxylic acids is 1. The van der Waals surface area contributed by atoms with Gasteiger partial charge in [-0.1, -0.05) is 29.8 Å². The fraction of sp³-hybridized carbons (Fsp3) is 0.111. The van der Waals surface area contributed by atoms with E-state index < -0.39 is 11.5 Å². The Morgan fingerprint density at radius 1 is 1.06 bits per heavy atom. The van der Waals surface area contributed by atoms with Gasteiger partial charge in [-0.3, -0.25) is 14.0 Å². The molecule has 2 heterocycles. The molecule has 4 aromatic rings. The smallest absolute Gasteiger partial charge is 0.269 e. The van der Waals surface area contributed by atoms with Crippen LogP contribution in [0.2, 0.25) is 0 Å². The van der Waals surface area contributed by atoms with Crippen LogP contribution in [0.25, 0.3) is 11.7 Å². The molecule has 2 aromatic carbocycles. The monoisotopic (exact) mass is 450 g/mol. The minimum absolute atomic E-state index is 0.00365. The maximum atomic E-state index is 13.3. The van der Waals surface area contributed by atoms with Crippen LogP contribution in [0.1, 0.15) is 22.3 Å². The van der Waals surface area contributed by atoms with Crippen molar-refractivity contribution in [2.24, 2.45) is 0 Å².